The number of nitriles is 1. The third kappa shape index (κ3) is 4.56. The lowest BCUT2D eigenvalue weighted by Crippen LogP contribution is -2.50. The zero-order valence-corrected chi connectivity index (χ0v) is 14.6. The predicted molar refractivity (Wildman–Crippen MR) is 94.5 cm³/mol. The Balaban J connectivity index is 2.05. The van der Waals surface area contributed by atoms with Crippen molar-refractivity contribution in [3.8, 4) is 6.07 Å². The summed E-state index contributed by atoms with van der Waals surface area (Å²) >= 11 is 0. The van der Waals surface area contributed by atoms with Crippen molar-refractivity contribution in [2.24, 2.45) is 5.92 Å². The van der Waals surface area contributed by atoms with Crippen molar-refractivity contribution >= 4 is 11.6 Å². The van der Waals surface area contributed by atoms with E-state index in [0.29, 0.717) is 18.9 Å². The molecule has 0 spiro atoms. The SMILES string of the molecule is CC(O)C1CCN(C(C)C(=O)N(CCC#N)c2ccccc2)CC1. The second kappa shape index (κ2) is 8.81. The van der Waals surface area contributed by atoms with Crippen molar-refractivity contribution < 1.29 is 9.90 Å². The van der Waals surface area contributed by atoms with Gasteiger partial charge in [-0.2, -0.15) is 5.26 Å². The molecule has 5 nitrogen and oxygen atoms in total. The number of amides is 1. The standard InChI is InChI=1S/C19H27N3O2/c1-15(21-13-9-17(10-14-21)16(2)23)19(24)22(12-6-11-20)18-7-4-3-5-8-18/h3-5,7-8,15-17,23H,6,9-10,12-14H2,1-2H3. The van der Waals surface area contributed by atoms with Crippen molar-refractivity contribution in [3.05, 3.63) is 30.3 Å². The molecule has 1 aromatic carbocycles. The maximum Gasteiger partial charge on any atom is 0.244 e. The van der Waals surface area contributed by atoms with Gasteiger partial charge in [0.1, 0.15) is 0 Å². The van der Waals surface area contributed by atoms with E-state index in [9.17, 15) is 9.90 Å². The van der Waals surface area contributed by atoms with Crippen LogP contribution in [0.1, 0.15) is 33.1 Å². The molecule has 1 fully saturated rings. The summed E-state index contributed by atoms with van der Waals surface area (Å²) in [7, 11) is 0. The van der Waals surface area contributed by atoms with Gasteiger partial charge in [0.15, 0.2) is 0 Å². The molecule has 2 unspecified atom stereocenters. The average Bonchev–Trinajstić information content (AvgIpc) is 2.62. The summed E-state index contributed by atoms with van der Waals surface area (Å²) in [6, 6.07) is 11.4. The first kappa shape index (κ1) is 18.4. The van der Waals surface area contributed by atoms with Crippen LogP contribution in [0.15, 0.2) is 30.3 Å². The van der Waals surface area contributed by atoms with Crippen molar-refractivity contribution in [2.75, 3.05) is 24.5 Å². The molecule has 1 aliphatic rings. The van der Waals surface area contributed by atoms with Crippen molar-refractivity contribution in [1.82, 2.24) is 4.90 Å². The van der Waals surface area contributed by atoms with Gasteiger partial charge in [0, 0.05) is 12.2 Å². The molecule has 2 rings (SSSR count). The van der Waals surface area contributed by atoms with E-state index in [1.54, 1.807) is 4.90 Å². The Morgan fingerprint density at radius 1 is 1.33 bits per heavy atom. The molecule has 0 aromatic heterocycles. The van der Waals surface area contributed by atoms with E-state index in [2.05, 4.69) is 11.0 Å². The molecule has 0 aliphatic carbocycles. The quantitative estimate of drug-likeness (QED) is 0.870. The number of para-hydroxylation sites is 1. The third-order valence-corrected chi connectivity index (χ3v) is 4.94. The Morgan fingerprint density at radius 3 is 2.50 bits per heavy atom. The van der Waals surface area contributed by atoms with Crippen LogP contribution in [0.4, 0.5) is 5.69 Å². The molecule has 1 N–H and O–H groups in total. The summed E-state index contributed by atoms with van der Waals surface area (Å²) in [4.78, 5) is 16.9. The molecule has 0 bridgehead atoms. The van der Waals surface area contributed by atoms with Gasteiger partial charge < -0.3 is 10.0 Å². The number of hydrogen-bond acceptors (Lipinski definition) is 4. The number of piperidine rings is 1. The number of nitrogens with zero attached hydrogens (tertiary/aromatic N) is 3. The Labute approximate surface area is 144 Å². The first-order chi connectivity index (χ1) is 11.5. The number of carbonyl (C=O) groups is 1. The van der Waals surface area contributed by atoms with E-state index in [1.807, 2.05) is 44.2 Å². The van der Waals surface area contributed by atoms with Crippen molar-refractivity contribution in [2.45, 2.75) is 45.3 Å². The maximum absolute atomic E-state index is 13.0. The highest BCUT2D eigenvalue weighted by Gasteiger charge is 2.31. The van der Waals surface area contributed by atoms with Crippen LogP contribution in [-0.2, 0) is 4.79 Å². The van der Waals surface area contributed by atoms with Gasteiger partial charge in [0.05, 0.1) is 24.6 Å². The summed E-state index contributed by atoms with van der Waals surface area (Å²) in [5, 5.41) is 18.6. The van der Waals surface area contributed by atoms with Gasteiger partial charge >= 0.3 is 0 Å². The lowest BCUT2D eigenvalue weighted by Gasteiger charge is -2.38. The minimum absolute atomic E-state index is 0.0342. The van der Waals surface area contributed by atoms with E-state index >= 15 is 0 Å². The number of carbonyl (C=O) groups excluding carboxylic acids is 1. The minimum Gasteiger partial charge on any atom is -0.393 e. The first-order valence-corrected chi connectivity index (χ1v) is 8.70. The Morgan fingerprint density at radius 2 is 1.96 bits per heavy atom. The van der Waals surface area contributed by atoms with Crippen LogP contribution >= 0.6 is 0 Å². The van der Waals surface area contributed by atoms with Gasteiger partial charge in [-0.15, -0.1) is 0 Å². The Bertz CT molecular complexity index is 560. The number of aliphatic hydroxyl groups is 1. The number of aliphatic hydroxyl groups excluding tert-OH is 1. The fourth-order valence-electron chi connectivity index (χ4n) is 3.31. The third-order valence-electron chi connectivity index (χ3n) is 4.94. The Kier molecular flexibility index (Phi) is 6.77. The topological polar surface area (TPSA) is 67.6 Å². The van der Waals surface area contributed by atoms with Gasteiger partial charge in [-0.1, -0.05) is 18.2 Å². The first-order valence-electron chi connectivity index (χ1n) is 8.70. The smallest absolute Gasteiger partial charge is 0.244 e. The largest absolute Gasteiger partial charge is 0.393 e. The van der Waals surface area contributed by atoms with Crippen molar-refractivity contribution in [1.29, 1.82) is 5.26 Å². The molecular formula is C19H27N3O2. The second-order valence-electron chi connectivity index (χ2n) is 6.52. The van der Waals surface area contributed by atoms with E-state index in [4.69, 9.17) is 5.26 Å². The second-order valence-corrected chi connectivity index (χ2v) is 6.52. The van der Waals surface area contributed by atoms with E-state index < -0.39 is 0 Å². The van der Waals surface area contributed by atoms with Gasteiger partial charge in [-0.05, 0) is 57.8 Å². The van der Waals surface area contributed by atoms with Gasteiger partial charge in [-0.25, -0.2) is 0 Å². The van der Waals surface area contributed by atoms with E-state index in [1.165, 1.54) is 0 Å². The fourth-order valence-corrected chi connectivity index (χ4v) is 3.31. The fraction of sp³-hybridized carbons (Fsp3) is 0.579. The molecule has 1 heterocycles. The molecule has 24 heavy (non-hydrogen) atoms. The highest BCUT2D eigenvalue weighted by molar-refractivity contribution is 5.96. The minimum atomic E-state index is -0.283. The zero-order chi connectivity index (χ0) is 17.5. The summed E-state index contributed by atoms with van der Waals surface area (Å²) in [5.74, 6) is 0.360. The predicted octanol–water partition coefficient (Wildman–Crippen LogP) is 2.41. The van der Waals surface area contributed by atoms with Crippen LogP contribution in [0.2, 0.25) is 0 Å². The summed E-state index contributed by atoms with van der Waals surface area (Å²) < 4.78 is 0. The number of hydrogen-bond donors (Lipinski definition) is 1. The number of anilines is 1. The molecule has 0 saturated carbocycles. The van der Waals surface area contributed by atoms with Crippen LogP contribution < -0.4 is 4.90 Å². The van der Waals surface area contributed by atoms with Crippen LogP contribution in [0.25, 0.3) is 0 Å². The number of likely N-dealkylation sites (tertiary alicyclic amines) is 1. The molecule has 1 amide bonds. The zero-order valence-electron chi connectivity index (χ0n) is 14.6. The van der Waals surface area contributed by atoms with Gasteiger partial charge in [0.25, 0.3) is 0 Å². The highest BCUT2D eigenvalue weighted by atomic mass is 16.3. The molecular weight excluding hydrogens is 302 g/mol. The summed E-state index contributed by atoms with van der Waals surface area (Å²) in [5.41, 5.74) is 0.837. The molecule has 1 saturated heterocycles. The summed E-state index contributed by atoms with van der Waals surface area (Å²) in [6.07, 6.45) is 1.87. The van der Waals surface area contributed by atoms with Crippen LogP contribution in [0.5, 0.6) is 0 Å². The van der Waals surface area contributed by atoms with E-state index in [-0.39, 0.29) is 18.1 Å². The average molecular weight is 329 g/mol. The van der Waals surface area contributed by atoms with Crippen LogP contribution in [0.3, 0.4) is 0 Å². The maximum atomic E-state index is 13.0. The highest BCUT2D eigenvalue weighted by Crippen LogP contribution is 2.23. The van der Waals surface area contributed by atoms with Gasteiger partial charge in [-0.3, -0.25) is 9.69 Å². The van der Waals surface area contributed by atoms with Crippen LogP contribution in [0, 0.1) is 17.2 Å². The molecule has 0 radical (unpaired) electrons. The molecule has 1 aromatic rings. The van der Waals surface area contributed by atoms with E-state index in [0.717, 1.165) is 31.6 Å². The monoisotopic (exact) mass is 329 g/mol. The Hall–Kier alpha value is -1.90. The summed E-state index contributed by atoms with van der Waals surface area (Å²) in [6.45, 7) is 5.84. The lowest BCUT2D eigenvalue weighted by atomic mass is 9.91. The van der Waals surface area contributed by atoms with Crippen molar-refractivity contribution in [3.63, 3.8) is 0 Å². The molecule has 130 valence electrons. The molecule has 1 aliphatic heterocycles. The normalized spacial score (nSPS) is 18.6. The van der Waals surface area contributed by atoms with Crippen LogP contribution in [-0.4, -0.2) is 47.7 Å². The number of rotatable bonds is 6. The lowest BCUT2D eigenvalue weighted by molar-refractivity contribution is -0.124. The number of benzene rings is 1. The molecule has 2 atom stereocenters. The van der Waals surface area contributed by atoms with Gasteiger partial charge in [0.2, 0.25) is 5.91 Å². The molecule has 5 heteroatoms.